The number of amides is 2. The van der Waals surface area contributed by atoms with Crippen LogP contribution in [0.1, 0.15) is 28.8 Å². The van der Waals surface area contributed by atoms with E-state index in [0.717, 1.165) is 12.0 Å². The van der Waals surface area contributed by atoms with Crippen LogP contribution >= 0.6 is 0 Å². The monoisotopic (exact) mass is 326 g/mol. The van der Waals surface area contributed by atoms with Crippen LogP contribution in [0, 0.1) is 12.7 Å². The van der Waals surface area contributed by atoms with Crippen LogP contribution in [0.15, 0.2) is 48.5 Å². The lowest BCUT2D eigenvalue weighted by atomic mass is 10.1. The van der Waals surface area contributed by atoms with Gasteiger partial charge in [-0.3, -0.25) is 9.59 Å². The first-order chi connectivity index (χ1) is 11.6. The predicted molar refractivity (Wildman–Crippen MR) is 90.3 cm³/mol. The number of hydrogen-bond donors (Lipinski definition) is 1. The first-order valence-electron chi connectivity index (χ1n) is 7.99. The van der Waals surface area contributed by atoms with Crippen molar-refractivity contribution < 1.29 is 14.0 Å². The third-order valence-corrected chi connectivity index (χ3v) is 4.21. The fraction of sp³-hybridized carbons (Fsp3) is 0.263. The molecule has 2 aromatic rings. The molecule has 1 heterocycles. The van der Waals surface area contributed by atoms with Crippen molar-refractivity contribution in [2.45, 2.75) is 25.8 Å². The third kappa shape index (κ3) is 3.30. The van der Waals surface area contributed by atoms with Crippen molar-refractivity contribution in [1.29, 1.82) is 0 Å². The van der Waals surface area contributed by atoms with E-state index in [1.165, 1.54) is 23.1 Å². The second kappa shape index (κ2) is 6.83. The Labute approximate surface area is 140 Å². The van der Waals surface area contributed by atoms with Crippen molar-refractivity contribution >= 4 is 17.5 Å². The van der Waals surface area contributed by atoms with Crippen molar-refractivity contribution in [2.75, 3.05) is 11.9 Å². The maximum Gasteiger partial charge on any atom is 0.257 e. The summed E-state index contributed by atoms with van der Waals surface area (Å²) < 4.78 is 13.9. The molecular weight excluding hydrogens is 307 g/mol. The Balaban J connectivity index is 1.76. The maximum absolute atomic E-state index is 13.9. The molecule has 2 amide bonds. The van der Waals surface area contributed by atoms with E-state index < -0.39 is 17.8 Å². The minimum atomic E-state index is -0.572. The van der Waals surface area contributed by atoms with Crippen molar-refractivity contribution in [3.05, 3.63) is 65.5 Å². The number of likely N-dealkylation sites (tertiary alicyclic amines) is 1. The topological polar surface area (TPSA) is 49.4 Å². The molecule has 1 atom stereocenters. The maximum atomic E-state index is 13.9. The average Bonchev–Trinajstić information content (AvgIpc) is 3.04. The molecule has 0 radical (unpaired) electrons. The summed E-state index contributed by atoms with van der Waals surface area (Å²) in [6.07, 6.45) is 1.31. The van der Waals surface area contributed by atoms with Gasteiger partial charge < -0.3 is 10.2 Å². The summed E-state index contributed by atoms with van der Waals surface area (Å²) in [7, 11) is 0. The highest BCUT2D eigenvalue weighted by molar-refractivity contribution is 6.01. The molecule has 1 fully saturated rings. The largest absolute Gasteiger partial charge is 0.327 e. The van der Waals surface area contributed by atoms with Gasteiger partial charge in [0.05, 0.1) is 5.56 Å². The zero-order valence-electron chi connectivity index (χ0n) is 13.5. The number of halogens is 1. The highest BCUT2D eigenvalue weighted by Crippen LogP contribution is 2.23. The summed E-state index contributed by atoms with van der Waals surface area (Å²) in [6.45, 7) is 2.40. The number of nitrogens with zero attached hydrogens (tertiary/aromatic N) is 1. The third-order valence-electron chi connectivity index (χ3n) is 4.21. The zero-order valence-corrected chi connectivity index (χ0v) is 13.5. The van der Waals surface area contributed by atoms with Crippen LogP contribution in [-0.4, -0.2) is 29.3 Å². The lowest BCUT2D eigenvalue weighted by Gasteiger charge is -2.24. The molecule has 4 nitrogen and oxygen atoms in total. The molecule has 1 aliphatic rings. The van der Waals surface area contributed by atoms with E-state index >= 15 is 0 Å². The molecule has 2 aromatic carbocycles. The summed E-state index contributed by atoms with van der Waals surface area (Å²) in [5.41, 5.74) is 1.75. The highest BCUT2D eigenvalue weighted by Gasteiger charge is 2.35. The summed E-state index contributed by atoms with van der Waals surface area (Å²) in [5.74, 6) is -1.23. The van der Waals surface area contributed by atoms with Gasteiger partial charge in [0.25, 0.3) is 5.91 Å². The van der Waals surface area contributed by atoms with E-state index in [0.29, 0.717) is 18.7 Å². The van der Waals surface area contributed by atoms with Crippen LogP contribution in [0.5, 0.6) is 0 Å². The van der Waals surface area contributed by atoms with E-state index in [1.807, 2.05) is 31.2 Å². The molecule has 0 aromatic heterocycles. The number of carbonyl (C=O) groups is 2. The van der Waals surface area contributed by atoms with Gasteiger partial charge in [0.2, 0.25) is 5.91 Å². The minimum Gasteiger partial charge on any atom is -0.327 e. The van der Waals surface area contributed by atoms with Crippen LogP contribution in [0.25, 0.3) is 0 Å². The Morgan fingerprint density at radius 2 is 1.96 bits per heavy atom. The fourth-order valence-corrected chi connectivity index (χ4v) is 3.02. The van der Waals surface area contributed by atoms with E-state index in [4.69, 9.17) is 0 Å². The molecule has 0 saturated carbocycles. The summed E-state index contributed by atoms with van der Waals surface area (Å²) in [6, 6.07) is 12.8. The van der Waals surface area contributed by atoms with Gasteiger partial charge in [0.15, 0.2) is 0 Å². The van der Waals surface area contributed by atoms with Crippen molar-refractivity contribution in [2.24, 2.45) is 0 Å². The van der Waals surface area contributed by atoms with Gasteiger partial charge in [-0.25, -0.2) is 4.39 Å². The fourth-order valence-electron chi connectivity index (χ4n) is 3.02. The van der Waals surface area contributed by atoms with Gasteiger partial charge in [-0.15, -0.1) is 0 Å². The molecule has 1 N–H and O–H groups in total. The van der Waals surface area contributed by atoms with Gasteiger partial charge in [-0.1, -0.05) is 24.3 Å². The van der Waals surface area contributed by atoms with Crippen molar-refractivity contribution in [3.63, 3.8) is 0 Å². The normalized spacial score (nSPS) is 16.9. The summed E-state index contributed by atoms with van der Waals surface area (Å²) >= 11 is 0. The molecule has 3 rings (SSSR count). The number of rotatable bonds is 3. The number of aryl methyl sites for hydroxylation is 1. The Morgan fingerprint density at radius 3 is 2.71 bits per heavy atom. The molecule has 124 valence electrons. The minimum absolute atomic E-state index is 0.00718. The summed E-state index contributed by atoms with van der Waals surface area (Å²) in [5, 5.41) is 2.85. The van der Waals surface area contributed by atoms with Gasteiger partial charge >= 0.3 is 0 Å². The van der Waals surface area contributed by atoms with Crippen molar-refractivity contribution in [1.82, 2.24) is 4.90 Å². The second-order valence-corrected chi connectivity index (χ2v) is 6.00. The smallest absolute Gasteiger partial charge is 0.257 e. The second-order valence-electron chi connectivity index (χ2n) is 6.00. The lowest BCUT2D eigenvalue weighted by molar-refractivity contribution is -0.119. The van der Waals surface area contributed by atoms with Crippen LogP contribution in [0.2, 0.25) is 0 Å². The summed E-state index contributed by atoms with van der Waals surface area (Å²) in [4.78, 5) is 26.6. The molecule has 0 aliphatic carbocycles. The quantitative estimate of drug-likeness (QED) is 0.940. The molecule has 1 saturated heterocycles. The first-order valence-corrected chi connectivity index (χ1v) is 7.99. The number of nitrogens with one attached hydrogen (secondary N) is 1. The Kier molecular flexibility index (Phi) is 4.60. The van der Waals surface area contributed by atoms with Gasteiger partial charge in [-0.05, 0) is 49.6 Å². The highest BCUT2D eigenvalue weighted by atomic mass is 19.1. The van der Waals surface area contributed by atoms with Crippen LogP contribution in [0.3, 0.4) is 0 Å². The zero-order chi connectivity index (χ0) is 17.1. The standard InChI is InChI=1S/C19H19FN2O2/c1-13-6-4-7-14(12-13)21-18(23)17-10-5-11-22(17)19(24)15-8-2-3-9-16(15)20/h2-4,6-9,12,17H,5,10-11H2,1H3,(H,21,23)/t17-/m1/s1. The average molecular weight is 326 g/mol. The number of carbonyl (C=O) groups excluding carboxylic acids is 2. The van der Waals surface area contributed by atoms with Gasteiger partial charge in [0, 0.05) is 12.2 Å². The Hall–Kier alpha value is -2.69. The van der Waals surface area contributed by atoms with Crippen LogP contribution < -0.4 is 5.32 Å². The molecule has 0 unspecified atom stereocenters. The Morgan fingerprint density at radius 1 is 1.17 bits per heavy atom. The molecular formula is C19H19FN2O2. The SMILES string of the molecule is Cc1cccc(NC(=O)[C@H]2CCCN2C(=O)c2ccccc2F)c1. The molecule has 0 spiro atoms. The number of benzene rings is 2. The molecule has 5 heteroatoms. The van der Waals surface area contributed by atoms with Gasteiger partial charge in [0.1, 0.15) is 11.9 Å². The van der Waals surface area contributed by atoms with Crippen molar-refractivity contribution in [3.8, 4) is 0 Å². The lowest BCUT2D eigenvalue weighted by Crippen LogP contribution is -2.43. The Bertz CT molecular complexity index is 775. The van der Waals surface area contributed by atoms with E-state index in [2.05, 4.69) is 5.32 Å². The van der Waals surface area contributed by atoms with E-state index in [9.17, 15) is 14.0 Å². The van der Waals surface area contributed by atoms with Crippen LogP contribution in [-0.2, 0) is 4.79 Å². The predicted octanol–water partition coefficient (Wildman–Crippen LogP) is 3.38. The van der Waals surface area contributed by atoms with E-state index in [-0.39, 0.29) is 11.5 Å². The number of anilines is 1. The van der Waals surface area contributed by atoms with E-state index in [1.54, 1.807) is 6.07 Å². The molecule has 24 heavy (non-hydrogen) atoms. The number of hydrogen-bond acceptors (Lipinski definition) is 2. The van der Waals surface area contributed by atoms with Crippen LogP contribution in [0.4, 0.5) is 10.1 Å². The van der Waals surface area contributed by atoms with Gasteiger partial charge in [-0.2, -0.15) is 0 Å². The first kappa shape index (κ1) is 16.2. The molecule has 1 aliphatic heterocycles. The molecule has 0 bridgehead atoms.